The van der Waals surface area contributed by atoms with Gasteiger partial charge in [-0.25, -0.2) is 12.8 Å². The maximum absolute atomic E-state index is 12.9. The minimum absolute atomic E-state index is 0.119. The SMILES string of the molecule is CC(C(=O)Nc1cccc(Cl)c1Cl)S(=O)(=O)c1ccc(F)cc1. The molecule has 0 radical (unpaired) electrons. The Hall–Kier alpha value is -1.63. The van der Waals surface area contributed by atoms with Crippen molar-refractivity contribution >= 4 is 44.6 Å². The van der Waals surface area contributed by atoms with Gasteiger partial charge in [-0.2, -0.15) is 0 Å². The molecular weight excluding hydrogens is 364 g/mol. The number of hydrogen-bond acceptors (Lipinski definition) is 3. The molecule has 0 bridgehead atoms. The van der Waals surface area contributed by atoms with E-state index in [2.05, 4.69) is 5.32 Å². The number of amides is 1. The number of sulfone groups is 1. The van der Waals surface area contributed by atoms with Gasteiger partial charge in [0.1, 0.15) is 11.1 Å². The summed E-state index contributed by atoms with van der Waals surface area (Å²) in [4.78, 5) is 12.1. The number of halogens is 3. The molecule has 1 atom stereocenters. The molecule has 23 heavy (non-hydrogen) atoms. The lowest BCUT2D eigenvalue weighted by Crippen LogP contribution is -2.32. The fourth-order valence-corrected chi connectivity index (χ4v) is 3.42. The summed E-state index contributed by atoms with van der Waals surface area (Å²) in [7, 11) is -3.95. The predicted molar refractivity (Wildman–Crippen MR) is 88.1 cm³/mol. The van der Waals surface area contributed by atoms with Crippen LogP contribution in [0.25, 0.3) is 0 Å². The van der Waals surface area contributed by atoms with Crippen LogP contribution < -0.4 is 5.32 Å². The van der Waals surface area contributed by atoms with Crippen molar-refractivity contribution in [3.05, 3.63) is 58.3 Å². The molecule has 0 aliphatic heterocycles. The fourth-order valence-electron chi connectivity index (χ4n) is 1.80. The molecule has 0 heterocycles. The highest BCUT2D eigenvalue weighted by molar-refractivity contribution is 7.92. The molecule has 0 spiro atoms. The van der Waals surface area contributed by atoms with Gasteiger partial charge in [0.15, 0.2) is 9.84 Å². The molecule has 1 amide bonds. The van der Waals surface area contributed by atoms with Crippen molar-refractivity contribution in [2.24, 2.45) is 0 Å². The quantitative estimate of drug-likeness (QED) is 0.823. The minimum atomic E-state index is -3.95. The van der Waals surface area contributed by atoms with Crippen molar-refractivity contribution in [3.63, 3.8) is 0 Å². The van der Waals surface area contributed by atoms with Crippen LogP contribution in [0.4, 0.5) is 10.1 Å². The normalized spacial score (nSPS) is 12.7. The van der Waals surface area contributed by atoms with E-state index in [1.54, 1.807) is 6.07 Å². The lowest BCUT2D eigenvalue weighted by atomic mass is 10.3. The van der Waals surface area contributed by atoms with Gasteiger partial charge in [-0.15, -0.1) is 0 Å². The number of hydrogen-bond donors (Lipinski definition) is 1. The first-order valence-corrected chi connectivity index (χ1v) is 8.78. The summed E-state index contributed by atoms with van der Waals surface area (Å²) in [5.74, 6) is -1.33. The first kappa shape index (κ1) is 17.7. The van der Waals surface area contributed by atoms with Crippen LogP contribution in [0, 0.1) is 5.82 Å². The monoisotopic (exact) mass is 375 g/mol. The lowest BCUT2D eigenvalue weighted by Gasteiger charge is -2.14. The predicted octanol–water partition coefficient (Wildman–Crippen LogP) is 3.93. The van der Waals surface area contributed by atoms with Crippen LogP contribution in [-0.2, 0) is 14.6 Å². The Morgan fingerprint density at radius 2 is 1.74 bits per heavy atom. The molecule has 0 saturated carbocycles. The van der Waals surface area contributed by atoms with E-state index < -0.39 is 26.8 Å². The first-order valence-electron chi connectivity index (χ1n) is 6.48. The van der Waals surface area contributed by atoms with Crippen molar-refractivity contribution in [1.29, 1.82) is 0 Å². The molecule has 0 aliphatic carbocycles. The van der Waals surface area contributed by atoms with Gasteiger partial charge in [-0.05, 0) is 43.3 Å². The summed E-state index contributed by atoms with van der Waals surface area (Å²) < 4.78 is 37.7. The molecule has 0 aromatic heterocycles. The highest BCUT2D eigenvalue weighted by Crippen LogP contribution is 2.30. The second kappa shape index (κ2) is 6.86. The Bertz CT molecular complexity index is 838. The molecule has 4 nitrogen and oxygen atoms in total. The third kappa shape index (κ3) is 3.83. The fraction of sp³-hybridized carbons (Fsp3) is 0.133. The van der Waals surface area contributed by atoms with Crippen LogP contribution in [0.2, 0.25) is 10.0 Å². The van der Waals surface area contributed by atoms with Gasteiger partial charge < -0.3 is 5.32 Å². The third-order valence-corrected chi connectivity index (χ3v) is 6.08. The number of anilines is 1. The zero-order chi connectivity index (χ0) is 17.2. The van der Waals surface area contributed by atoms with E-state index in [1.807, 2.05) is 0 Å². The van der Waals surface area contributed by atoms with Crippen molar-refractivity contribution in [2.75, 3.05) is 5.32 Å². The van der Waals surface area contributed by atoms with Crippen molar-refractivity contribution in [1.82, 2.24) is 0 Å². The second-order valence-electron chi connectivity index (χ2n) is 4.73. The van der Waals surface area contributed by atoms with Crippen LogP contribution in [-0.4, -0.2) is 19.6 Å². The number of rotatable bonds is 4. The summed E-state index contributed by atoms with van der Waals surface area (Å²) in [5, 5.41) is 1.40. The van der Waals surface area contributed by atoms with Crippen LogP contribution in [0.15, 0.2) is 47.4 Å². The van der Waals surface area contributed by atoms with Gasteiger partial charge in [-0.3, -0.25) is 4.79 Å². The maximum Gasteiger partial charge on any atom is 0.242 e. The molecule has 1 N–H and O–H groups in total. The summed E-state index contributed by atoms with van der Waals surface area (Å²) in [5.41, 5.74) is 0.213. The molecule has 0 saturated heterocycles. The highest BCUT2D eigenvalue weighted by atomic mass is 35.5. The third-order valence-electron chi connectivity index (χ3n) is 3.19. The highest BCUT2D eigenvalue weighted by Gasteiger charge is 2.30. The molecular formula is C15H12Cl2FNO3S. The molecule has 1 unspecified atom stereocenters. The average molecular weight is 376 g/mol. The van der Waals surface area contributed by atoms with Gasteiger partial charge in [0, 0.05) is 0 Å². The van der Waals surface area contributed by atoms with E-state index >= 15 is 0 Å². The van der Waals surface area contributed by atoms with E-state index in [0.717, 1.165) is 24.3 Å². The van der Waals surface area contributed by atoms with E-state index in [0.29, 0.717) is 0 Å². The van der Waals surface area contributed by atoms with E-state index in [4.69, 9.17) is 23.2 Å². The van der Waals surface area contributed by atoms with Gasteiger partial charge >= 0.3 is 0 Å². The van der Waals surface area contributed by atoms with E-state index in [9.17, 15) is 17.6 Å². The molecule has 0 fully saturated rings. The van der Waals surface area contributed by atoms with Gasteiger partial charge in [-0.1, -0.05) is 29.3 Å². The number of nitrogens with one attached hydrogen (secondary N) is 1. The van der Waals surface area contributed by atoms with Crippen LogP contribution in [0.3, 0.4) is 0 Å². The largest absolute Gasteiger partial charge is 0.324 e. The smallest absolute Gasteiger partial charge is 0.242 e. The lowest BCUT2D eigenvalue weighted by molar-refractivity contribution is -0.115. The average Bonchev–Trinajstić information content (AvgIpc) is 2.51. The molecule has 2 aromatic rings. The Morgan fingerprint density at radius 3 is 2.35 bits per heavy atom. The van der Waals surface area contributed by atoms with Crippen molar-refractivity contribution in [3.8, 4) is 0 Å². The zero-order valence-corrected chi connectivity index (χ0v) is 14.2. The van der Waals surface area contributed by atoms with Gasteiger partial charge in [0.25, 0.3) is 0 Å². The van der Waals surface area contributed by atoms with E-state index in [1.165, 1.54) is 19.1 Å². The molecule has 122 valence electrons. The van der Waals surface area contributed by atoms with E-state index in [-0.39, 0.29) is 20.6 Å². The molecule has 0 aliphatic rings. The van der Waals surface area contributed by atoms with Gasteiger partial charge in [0.05, 0.1) is 20.6 Å². The van der Waals surface area contributed by atoms with Crippen LogP contribution >= 0.6 is 23.2 Å². The zero-order valence-electron chi connectivity index (χ0n) is 11.9. The van der Waals surface area contributed by atoms with Crippen LogP contribution in [0.5, 0.6) is 0 Å². The van der Waals surface area contributed by atoms with Crippen LogP contribution in [0.1, 0.15) is 6.92 Å². The molecule has 2 aromatic carbocycles. The Labute approximate surface area is 143 Å². The number of benzene rings is 2. The summed E-state index contributed by atoms with van der Waals surface area (Å²) in [6, 6.07) is 8.88. The number of carbonyl (C=O) groups is 1. The topological polar surface area (TPSA) is 63.2 Å². The molecule has 2 rings (SSSR count). The van der Waals surface area contributed by atoms with Crippen molar-refractivity contribution in [2.45, 2.75) is 17.1 Å². The Kier molecular flexibility index (Phi) is 5.29. The summed E-state index contributed by atoms with van der Waals surface area (Å²) in [6.07, 6.45) is 0. The molecule has 8 heteroatoms. The number of carbonyl (C=O) groups excluding carboxylic acids is 1. The standard InChI is InChI=1S/C15H12Cl2FNO3S/c1-9(23(21,22)11-7-5-10(18)6-8-11)15(20)19-13-4-2-3-12(16)14(13)17/h2-9H,1H3,(H,19,20). The minimum Gasteiger partial charge on any atom is -0.324 e. The maximum atomic E-state index is 12.9. The van der Waals surface area contributed by atoms with Gasteiger partial charge in [0.2, 0.25) is 5.91 Å². The summed E-state index contributed by atoms with van der Waals surface area (Å²) in [6.45, 7) is 1.24. The Balaban J connectivity index is 2.25. The second-order valence-corrected chi connectivity index (χ2v) is 7.79. The first-order chi connectivity index (χ1) is 10.7. The summed E-state index contributed by atoms with van der Waals surface area (Å²) >= 11 is 11.8. The van der Waals surface area contributed by atoms with Crippen molar-refractivity contribution < 1.29 is 17.6 Å². The Morgan fingerprint density at radius 1 is 1.13 bits per heavy atom.